The second-order valence-electron chi connectivity index (χ2n) is 4.48. The summed E-state index contributed by atoms with van der Waals surface area (Å²) in [6, 6.07) is -0.335. The fourth-order valence-electron chi connectivity index (χ4n) is 2.43. The van der Waals surface area contributed by atoms with Gasteiger partial charge in [-0.25, -0.2) is 4.98 Å². The number of aliphatic hydroxyl groups excluding tert-OH is 2. The number of nitrogens with one attached hydrogen (secondary N) is 1. The second kappa shape index (κ2) is 3.79. The Kier molecular flexibility index (Phi) is 2.35. The smallest absolute Gasteiger partial charge is 0.280 e. The van der Waals surface area contributed by atoms with Crippen LogP contribution in [0.25, 0.3) is 11.2 Å². The lowest BCUT2D eigenvalue weighted by Gasteiger charge is -2.18. The van der Waals surface area contributed by atoms with Gasteiger partial charge in [-0.05, 0) is 12.8 Å². The first kappa shape index (κ1) is 11.2. The lowest BCUT2D eigenvalue weighted by atomic mass is 10.2. The number of aromatic amines is 1. The molecular formula is C10H13N5O3. The van der Waals surface area contributed by atoms with Gasteiger partial charge >= 0.3 is 0 Å². The average molecular weight is 251 g/mol. The van der Waals surface area contributed by atoms with Crippen molar-refractivity contribution in [3.8, 4) is 0 Å². The quantitative estimate of drug-likeness (QED) is 0.501. The van der Waals surface area contributed by atoms with E-state index in [0.29, 0.717) is 18.5 Å². The van der Waals surface area contributed by atoms with Gasteiger partial charge in [-0.2, -0.15) is 4.98 Å². The van der Waals surface area contributed by atoms with Crippen LogP contribution >= 0.6 is 0 Å². The predicted octanol–water partition coefficient (Wildman–Crippen LogP) is -1.24. The van der Waals surface area contributed by atoms with Crippen LogP contribution in [0.4, 0.5) is 5.95 Å². The van der Waals surface area contributed by atoms with E-state index < -0.39 is 17.8 Å². The number of nitrogen functional groups attached to an aromatic ring is 1. The van der Waals surface area contributed by atoms with Crippen LogP contribution in [0.15, 0.2) is 11.1 Å². The van der Waals surface area contributed by atoms with Crippen molar-refractivity contribution in [1.82, 2.24) is 19.5 Å². The number of hydrogen-bond donors (Lipinski definition) is 4. The third-order valence-corrected chi connectivity index (χ3v) is 3.35. The Hall–Kier alpha value is -1.93. The van der Waals surface area contributed by atoms with Crippen LogP contribution in [0.2, 0.25) is 0 Å². The first-order valence-electron chi connectivity index (χ1n) is 5.66. The minimum absolute atomic E-state index is 0.00212. The summed E-state index contributed by atoms with van der Waals surface area (Å²) in [6.07, 6.45) is 0.904. The summed E-state index contributed by atoms with van der Waals surface area (Å²) >= 11 is 0. The SMILES string of the molecule is Nc1nc2c(ncn2[C@@H]2CC[C@@H](O)[C@H]2O)c(=O)[nH]1. The van der Waals surface area contributed by atoms with E-state index in [-0.39, 0.29) is 17.5 Å². The molecule has 0 aromatic carbocycles. The molecule has 8 heteroatoms. The maximum atomic E-state index is 11.6. The topological polar surface area (TPSA) is 130 Å². The van der Waals surface area contributed by atoms with Crippen LogP contribution in [-0.4, -0.2) is 41.9 Å². The molecule has 3 rings (SSSR count). The van der Waals surface area contributed by atoms with Gasteiger partial charge in [-0.15, -0.1) is 0 Å². The summed E-state index contributed by atoms with van der Waals surface area (Å²) in [5.74, 6) is 0.00212. The molecule has 0 aliphatic heterocycles. The fraction of sp³-hybridized carbons (Fsp3) is 0.500. The molecule has 1 saturated carbocycles. The number of rotatable bonds is 1. The molecule has 1 fully saturated rings. The molecular weight excluding hydrogens is 238 g/mol. The van der Waals surface area contributed by atoms with Crippen LogP contribution < -0.4 is 11.3 Å². The van der Waals surface area contributed by atoms with Crippen LogP contribution in [0.5, 0.6) is 0 Å². The van der Waals surface area contributed by atoms with Gasteiger partial charge in [0.1, 0.15) is 6.10 Å². The van der Waals surface area contributed by atoms with E-state index in [1.54, 1.807) is 4.57 Å². The molecule has 1 aliphatic rings. The third-order valence-electron chi connectivity index (χ3n) is 3.35. The van der Waals surface area contributed by atoms with Gasteiger partial charge in [-0.3, -0.25) is 9.78 Å². The van der Waals surface area contributed by atoms with Crippen molar-refractivity contribution < 1.29 is 10.2 Å². The second-order valence-corrected chi connectivity index (χ2v) is 4.48. The molecule has 1 aliphatic carbocycles. The number of nitrogens with zero attached hydrogens (tertiary/aromatic N) is 3. The molecule has 0 bridgehead atoms. The van der Waals surface area contributed by atoms with Gasteiger partial charge in [0.25, 0.3) is 5.56 Å². The van der Waals surface area contributed by atoms with Gasteiger partial charge < -0.3 is 20.5 Å². The lowest BCUT2D eigenvalue weighted by molar-refractivity contribution is 0.0241. The van der Waals surface area contributed by atoms with E-state index in [4.69, 9.17) is 5.73 Å². The molecule has 5 N–H and O–H groups in total. The Balaban J connectivity index is 2.16. The van der Waals surface area contributed by atoms with Crippen molar-refractivity contribution >= 4 is 17.1 Å². The Labute approximate surface area is 101 Å². The molecule has 96 valence electrons. The third kappa shape index (κ3) is 1.50. The summed E-state index contributed by atoms with van der Waals surface area (Å²) < 4.78 is 1.60. The summed E-state index contributed by atoms with van der Waals surface area (Å²) in [5, 5.41) is 19.4. The van der Waals surface area contributed by atoms with Gasteiger partial charge in [0.2, 0.25) is 5.95 Å². The zero-order valence-electron chi connectivity index (χ0n) is 9.45. The van der Waals surface area contributed by atoms with Crippen molar-refractivity contribution in [2.24, 2.45) is 0 Å². The first-order chi connectivity index (χ1) is 8.58. The van der Waals surface area contributed by atoms with Crippen LogP contribution in [0.3, 0.4) is 0 Å². The van der Waals surface area contributed by atoms with E-state index in [2.05, 4.69) is 15.0 Å². The number of hydrogen-bond acceptors (Lipinski definition) is 6. The molecule has 0 spiro atoms. The number of anilines is 1. The van der Waals surface area contributed by atoms with Crippen molar-refractivity contribution in [3.05, 3.63) is 16.7 Å². The fourth-order valence-corrected chi connectivity index (χ4v) is 2.43. The molecule has 3 atom stereocenters. The van der Waals surface area contributed by atoms with Gasteiger partial charge in [0.15, 0.2) is 11.2 Å². The zero-order valence-corrected chi connectivity index (χ0v) is 9.45. The predicted molar refractivity (Wildman–Crippen MR) is 62.8 cm³/mol. The number of aliphatic hydroxyl groups is 2. The van der Waals surface area contributed by atoms with Crippen LogP contribution in [0.1, 0.15) is 18.9 Å². The van der Waals surface area contributed by atoms with E-state index in [9.17, 15) is 15.0 Å². The highest BCUT2D eigenvalue weighted by Gasteiger charge is 2.35. The lowest BCUT2D eigenvalue weighted by Crippen LogP contribution is -2.27. The Morgan fingerprint density at radius 3 is 2.89 bits per heavy atom. The number of imidazole rings is 1. The highest BCUT2D eigenvalue weighted by atomic mass is 16.3. The molecule has 18 heavy (non-hydrogen) atoms. The van der Waals surface area contributed by atoms with Crippen molar-refractivity contribution in [3.63, 3.8) is 0 Å². The van der Waals surface area contributed by atoms with Gasteiger partial charge in [0, 0.05) is 0 Å². The van der Waals surface area contributed by atoms with Crippen molar-refractivity contribution in [2.75, 3.05) is 5.73 Å². The molecule has 2 heterocycles. The number of fused-ring (bicyclic) bond motifs is 1. The normalized spacial score (nSPS) is 28.0. The Bertz CT molecular complexity index is 648. The summed E-state index contributed by atoms with van der Waals surface area (Å²) in [4.78, 5) is 22.0. The summed E-state index contributed by atoms with van der Waals surface area (Å²) in [5.41, 5.74) is 5.59. The largest absolute Gasteiger partial charge is 0.390 e. The summed E-state index contributed by atoms with van der Waals surface area (Å²) in [6.45, 7) is 0. The highest BCUT2D eigenvalue weighted by Crippen LogP contribution is 2.31. The number of nitrogens with two attached hydrogens (primary N) is 1. The number of aromatic nitrogens is 4. The van der Waals surface area contributed by atoms with Gasteiger partial charge in [-0.1, -0.05) is 0 Å². The summed E-state index contributed by atoms with van der Waals surface area (Å²) in [7, 11) is 0. The van der Waals surface area contributed by atoms with E-state index in [1.807, 2.05) is 0 Å². The highest BCUT2D eigenvalue weighted by molar-refractivity contribution is 5.70. The van der Waals surface area contributed by atoms with Crippen LogP contribution in [-0.2, 0) is 0 Å². The molecule has 8 nitrogen and oxygen atoms in total. The standard InChI is InChI=1S/C10H13N5O3/c11-10-13-8-6(9(18)14-10)12-3-15(8)4-1-2-5(16)7(4)17/h3-5,7,16-17H,1-2H2,(H3,11,13,14,18)/t4-,5-,7+/m1/s1. The minimum atomic E-state index is -0.885. The molecule has 2 aromatic rings. The molecule has 0 unspecified atom stereocenters. The van der Waals surface area contributed by atoms with E-state index >= 15 is 0 Å². The zero-order chi connectivity index (χ0) is 12.9. The molecule has 0 amide bonds. The molecule has 0 saturated heterocycles. The van der Waals surface area contributed by atoms with Gasteiger partial charge in [0.05, 0.1) is 18.5 Å². The van der Waals surface area contributed by atoms with Crippen LogP contribution in [0, 0.1) is 0 Å². The average Bonchev–Trinajstić information content (AvgIpc) is 2.85. The minimum Gasteiger partial charge on any atom is -0.390 e. The number of H-pyrrole nitrogens is 1. The maximum Gasteiger partial charge on any atom is 0.280 e. The molecule has 2 aromatic heterocycles. The first-order valence-corrected chi connectivity index (χ1v) is 5.66. The van der Waals surface area contributed by atoms with E-state index in [0.717, 1.165) is 0 Å². The Morgan fingerprint density at radius 2 is 2.22 bits per heavy atom. The maximum absolute atomic E-state index is 11.6. The monoisotopic (exact) mass is 251 g/mol. The molecule has 0 radical (unpaired) electrons. The van der Waals surface area contributed by atoms with Crippen molar-refractivity contribution in [2.45, 2.75) is 31.1 Å². The van der Waals surface area contributed by atoms with E-state index in [1.165, 1.54) is 6.33 Å². The van der Waals surface area contributed by atoms with Crippen molar-refractivity contribution in [1.29, 1.82) is 0 Å². The Morgan fingerprint density at radius 1 is 1.44 bits per heavy atom.